The van der Waals surface area contributed by atoms with Gasteiger partial charge in [-0.3, -0.25) is 14.3 Å². The van der Waals surface area contributed by atoms with Crippen molar-refractivity contribution >= 4 is 30.2 Å². The first-order chi connectivity index (χ1) is 12.8. The predicted molar refractivity (Wildman–Crippen MR) is 101 cm³/mol. The molecule has 27 heavy (non-hydrogen) atoms. The molecule has 1 saturated heterocycles. The molecule has 1 fully saturated rings. The van der Waals surface area contributed by atoms with Crippen LogP contribution in [0.1, 0.15) is 13.2 Å². The summed E-state index contributed by atoms with van der Waals surface area (Å²) >= 11 is 7.46. The maximum Gasteiger partial charge on any atom is 0.590 e. The zero-order chi connectivity index (χ0) is 19.6. The Bertz CT molecular complexity index is 934. The number of H-pyrrole nitrogens is 1. The van der Waals surface area contributed by atoms with Crippen LogP contribution in [0.3, 0.4) is 0 Å². The molecule has 8 nitrogen and oxygen atoms in total. The van der Waals surface area contributed by atoms with E-state index in [9.17, 15) is 19.3 Å². The summed E-state index contributed by atoms with van der Waals surface area (Å²) in [4.78, 5) is 24.8. The zero-order valence-electron chi connectivity index (χ0n) is 14.1. The van der Waals surface area contributed by atoms with E-state index in [-0.39, 0.29) is 6.61 Å². The van der Waals surface area contributed by atoms with Crippen LogP contribution in [0.2, 0.25) is 0 Å². The first-order valence-corrected chi connectivity index (χ1v) is 10.9. The minimum Gasteiger partial charge on any atom is -0.388 e. The van der Waals surface area contributed by atoms with Gasteiger partial charge in [-0.15, -0.1) is 16.1 Å². The van der Waals surface area contributed by atoms with Crippen LogP contribution in [0.25, 0.3) is 0 Å². The topological polar surface area (TPSA) is 111 Å². The Hall–Kier alpha value is -1.48. The highest BCUT2D eigenvalue weighted by atomic mass is 35.5. The van der Waals surface area contributed by atoms with Gasteiger partial charge in [0.25, 0.3) is 5.56 Å². The number of rotatable bonds is 6. The van der Waals surface area contributed by atoms with Crippen molar-refractivity contribution in [3.8, 4) is 0 Å². The van der Waals surface area contributed by atoms with Crippen molar-refractivity contribution in [3.05, 3.63) is 63.4 Å². The second-order valence-electron chi connectivity index (χ2n) is 6.06. The number of benzene rings is 1. The number of aliphatic hydroxyl groups excluding tert-OH is 1. The fraction of sp³-hybridized carbons (Fsp3) is 0.375. The normalized spacial score (nSPS) is 28.3. The number of aromatic nitrogens is 2. The molecule has 3 rings (SSSR count). The van der Waals surface area contributed by atoms with E-state index in [0.717, 1.165) is 26.9 Å². The van der Waals surface area contributed by atoms with E-state index in [1.54, 1.807) is 12.1 Å². The molecule has 144 valence electrons. The van der Waals surface area contributed by atoms with Gasteiger partial charge in [-0.25, -0.2) is 4.79 Å². The van der Waals surface area contributed by atoms with E-state index in [0.29, 0.717) is 0 Å². The average Bonchev–Trinajstić information content (AvgIpc) is 2.84. The number of nitrogens with zero attached hydrogens (tertiary/aromatic N) is 1. The summed E-state index contributed by atoms with van der Waals surface area (Å²) in [6.07, 6.45) is -1.87. The van der Waals surface area contributed by atoms with Crippen molar-refractivity contribution < 1.29 is 18.9 Å². The summed E-state index contributed by atoms with van der Waals surface area (Å²) in [7, 11) is -2.09. The van der Waals surface area contributed by atoms with Crippen LogP contribution in [-0.2, 0) is 13.8 Å². The molecule has 0 spiro atoms. The summed E-state index contributed by atoms with van der Waals surface area (Å²) in [5.74, 6) is 0. The number of halogens is 1. The van der Waals surface area contributed by atoms with E-state index in [1.807, 2.05) is 18.2 Å². The molecule has 2 aromatic rings. The standard InChI is InChI=1S/C16H16ClN2O6PS/c1-16(17)13(21)11(9-24-26(23)27-10-5-3-2-4-6-10)25-14(16)19-8-7-12(20)18-15(19)22/h2-8,11,13-14,21H,9H2,1H3/p+1. The maximum atomic E-state index is 12.1. The van der Waals surface area contributed by atoms with Gasteiger partial charge >= 0.3 is 12.9 Å². The molecule has 0 aliphatic carbocycles. The van der Waals surface area contributed by atoms with Crippen LogP contribution >= 0.6 is 30.2 Å². The maximum absolute atomic E-state index is 12.1. The molecule has 1 aliphatic heterocycles. The second-order valence-corrected chi connectivity index (χ2v) is 9.68. The smallest absolute Gasteiger partial charge is 0.388 e. The molecule has 0 saturated carbocycles. The lowest BCUT2D eigenvalue weighted by Gasteiger charge is -2.26. The lowest BCUT2D eigenvalue weighted by Crippen LogP contribution is -2.42. The molecule has 2 heterocycles. The fourth-order valence-electron chi connectivity index (χ4n) is 2.69. The summed E-state index contributed by atoms with van der Waals surface area (Å²) in [5, 5.41) is 10.5. The van der Waals surface area contributed by atoms with Crippen LogP contribution in [0.15, 0.2) is 57.1 Å². The predicted octanol–water partition coefficient (Wildman–Crippen LogP) is 2.26. The van der Waals surface area contributed by atoms with Gasteiger partial charge in [0.05, 0.1) is 4.90 Å². The third-order valence-corrected chi connectivity index (χ3v) is 6.89. The Morgan fingerprint density at radius 2 is 2.07 bits per heavy atom. The summed E-state index contributed by atoms with van der Waals surface area (Å²) in [5.41, 5.74) is -1.26. The van der Waals surface area contributed by atoms with E-state index in [2.05, 4.69) is 4.98 Å². The van der Waals surface area contributed by atoms with Gasteiger partial charge in [-0.2, -0.15) is 0 Å². The number of aromatic amines is 1. The molecule has 1 aromatic heterocycles. The third kappa shape index (κ3) is 4.51. The highest BCUT2D eigenvalue weighted by Crippen LogP contribution is 2.47. The number of hydrogen-bond acceptors (Lipinski definition) is 7. The van der Waals surface area contributed by atoms with Crippen molar-refractivity contribution in [2.75, 3.05) is 6.61 Å². The van der Waals surface area contributed by atoms with Crippen molar-refractivity contribution in [3.63, 3.8) is 0 Å². The van der Waals surface area contributed by atoms with Crippen LogP contribution in [0.4, 0.5) is 0 Å². The largest absolute Gasteiger partial charge is 0.590 e. The van der Waals surface area contributed by atoms with Crippen LogP contribution in [0.5, 0.6) is 0 Å². The van der Waals surface area contributed by atoms with Crippen molar-refractivity contribution in [2.45, 2.75) is 35.1 Å². The first kappa shape index (κ1) is 20.3. The molecule has 1 aromatic carbocycles. The molecular formula is C16H17ClN2O6PS+. The number of aliphatic hydroxyl groups is 1. The van der Waals surface area contributed by atoms with Crippen LogP contribution in [0, 0.1) is 0 Å². The van der Waals surface area contributed by atoms with Crippen molar-refractivity contribution in [2.24, 2.45) is 0 Å². The average molecular weight is 432 g/mol. The minimum absolute atomic E-state index is 0.173. The highest BCUT2D eigenvalue weighted by Gasteiger charge is 2.54. The quantitative estimate of drug-likeness (QED) is 0.533. The molecule has 0 amide bonds. The summed E-state index contributed by atoms with van der Waals surface area (Å²) in [6.45, 7) is 1.34. The lowest BCUT2D eigenvalue weighted by atomic mass is 10.0. The summed E-state index contributed by atoms with van der Waals surface area (Å²) < 4.78 is 24.2. The monoisotopic (exact) mass is 431 g/mol. The van der Waals surface area contributed by atoms with Crippen LogP contribution in [-0.4, -0.2) is 38.3 Å². The second kappa shape index (κ2) is 8.26. The number of alkyl halides is 1. The van der Waals surface area contributed by atoms with Gasteiger partial charge in [0.15, 0.2) is 17.6 Å². The molecule has 2 N–H and O–H groups in total. The van der Waals surface area contributed by atoms with E-state index in [4.69, 9.17) is 20.9 Å². The van der Waals surface area contributed by atoms with Crippen molar-refractivity contribution in [1.29, 1.82) is 0 Å². The molecule has 0 bridgehead atoms. The zero-order valence-corrected chi connectivity index (χ0v) is 16.6. The number of ether oxygens (including phenoxy) is 1. The van der Waals surface area contributed by atoms with Gasteiger partial charge in [0.1, 0.15) is 23.7 Å². The Morgan fingerprint density at radius 3 is 2.74 bits per heavy atom. The molecule has 11 heteroatoms. The Balaban J connectivity index is 1.68. The van der Waals surface area contributed by atoms with Gasteiger partial charge in [-0.1, -0.05) is 18.2 Å². The van der Waals surface area contributed by atoms with E-state index < -0.39 is 41.8 Å². The van der Waals surface area contributed by atoms with Gasteiger partial charge in [-0.05, 0) is 23.6 Å². The Morgan fingerprint density at radius 1 is 1.37 bits per heavy atom. The molecule has 5 unspecified atom stereocenters. The first-order valence-electron chi connectivity index (χ1n) is 7.96. The van der Waals surface area contributed by atoms with Gasteiger partial charge < -0.3 is 9.84 Å². The van der Waals surface area contributed by atoms with Gasteiger partial charge in [0.2, 0.25) is 0 Å². The molecule has 1 aliphatic rings. The molecule has 5 atom stereocenters. The Kier molecular flexibility index (Phi) is 6.20. The lowest BCUT2D eigenvalue weighted by molar-refractivity contribution is -0.0406. The number of nitrogens with one attached hydrogen (secondary N) is 1. The Labute approximate surface area is 164 Å². The molecule has 0 radical (unpaired) electrons. The van der Waals surface area contributed by atoms with Crippen LogP contribution < -0.4 is 11.2 Å². The third-order valence-electron chi connectivity index (χ3n) is 4.09. The SMILES string of the molecule is CC1(Cl)C(O)C(CO[P+](=O)Sc2ccccc2)OC1n1ccc(=O)[nH]c1=O. The minimum atomic E-state index is -2.09. The van der Waals surface area contributed by atoms with E-state index in [1.165, 1.54) is 13.1 Å². The van der Waals surface area contributed by atoms with Gasteiger partial charge in [0, 0.05) is 12.3 Å². The fourth-order valence-corrected chi connectivity index (χ4v) is 4.98. The van der Waals surface area contributed by atoms with E-state index >= 15 is 0 Å². The van der Waals surface area contributed by atoms with Crippen molar-refractivity contribution in [1.82, 2.24) is 9.55 Å². The molecular weight excluding hydrogens is 415 g/mol. The summed E-state index contributed by atoms with van der Waals surface area (Å²) in [6, 6.07) is 10.2. The number of hydrogen-bond donors (Lipinski definition) is 2. The highest BCUT2D eigenvalue weighted by molar-refractivity contribution is 8.50.